The molecule has 0 aliphatic carbocycles. The maximum atomic E-state index is 11.1. The summed E-state index contributed by atoms with van der Waals surface area (Å²) in [6.07, 6.45) is 0.410. The van der Waals surface area contributed by atoms with E-state index in [-0.39, 0.29) is 5.76 Å². The molecule has 0 aromatic rings. The molecule has 0 bridgehead atoms. The van der Waals surface area contributed by atoms with Gasteiger partial charge in [0, 0.05) is 18.1 Å². The van der Waals surface area contributed by atoms with Crippen molar-refractivity contribution in [2.45, 2.75) is 6.42 Å². The van der Waals surface area contributed by atoms with Crippen molar-refractivity contribution in [2.24, 2.45) is 0 Å². The topological polar surface area (TPSA) is 18.5 Å². The Labute approximate surface area is 47.8 Å². The molecular formula is C5H9FO2. The number of rotatable bonds is 4. The highest BCUT2D eigenvalue weighted by molar-refractivity contribution is 4.79. The van der Waals surface area contributed by atoms with Gasteiger partial charge < -0.3 is 4.74 Å². The minimum absolute atomic E-state index is 0.104. The molecule has 0 unspecified atom stereocenters. The Morgan fingerprint density at radius 1 is 1.75 bits per heavy atom. The van der Waals surface area contributed by atoms with Crippen LogP contribution in [-0.2, 0) is 9.68 Å². The van der Waals surface area contributed by atoms with Crippen LogP contribution in [0, 0.1) is 0 Å². The smallest absolute Gasteiger partial charge is 0.144 e. The second-order valence-corrected chi connectivity index (χ2v) is 1.36. The lowest BCUT2D eigenvalue weighted by Gasteiger charge is -1.95. The van der Waals surface area contributed by atoms with Crippen LogP contribution in [0.4, 0.5) is 4.53 Å². The van der Waals surface area contributed by atoms with Crippen LogP contribution in [-0.4, -0.2) is 13.7 Å². The molecule has 0 aliphatic rings. The highest BCUT2D eigenvalue weighted by Crippen LogP contribution is 1.98. The molecule has 8 heavy (non-hydrogen) atoms. The van der Waals surface area contributed by atoms with Crippen LogP contribution in [0.5, 0.6) is 0 Å². The van der Waals surface area contributed by atoms with E-state index >= 15 is 0 Å². The largest absolute Gasteiger partial charge is 0.384 e. The Morgan fingerprint density at radius 3 is 2.75 bits per heavy atom. The molecule has 0 atom stereocenters. The molecule has 0 N–H and O–H groups in total. The number of hydrogen-bond acceptors (Lipinski definition) is 2. The maximum absolute atomic E-state index is 11.1. The number of ether oxygens (including phenoxy) is 1. The van der Waals surface area contributed by atoms with Crippen molar-refractivity contribution in [1.29, 1.82) is 0 Å². The van der Waals surface area contributed by atoms with Crippen molar-refractivity contribution in [3.8, 4) is 0 Å². The summed E-state index contributed by atoms with van der Waals surface area (Å²) in [5.74, 6) is 0.104. The molecule has 0 aromatic heterocycles. The van der Waals surface area contributed by atoms with E-state index in [0.29, 0.717) is 13.0 Å². The Hall–Kier alpha value is -0.570. The van der Waals surface area contributed by atoms with Gasteiger partial charge in [0.2, 0.25) is 0 Å². The Balaban J connectivity index is 2.99. The highest BCUT2D eigenvalue weighted by atomic mass is 19.3. The third-order valence-electron chi connectivity index (χ3n) is 0.694. The normalized spacial score (nSPS) is 8.75. The zero-order chi connectivity index (χ0) is 6.41. The van der Waals surface area contributed by atoms with Crippen LogP contribution < -0.4 is 0 Å². The van der Waals surface area contributed by atoms with Gasteiger partial charge >= 0.3 is 0 Å². The quantitative estimate of drug-likeness (QED) is 0.522. The number of halogens is 1. The standard InChI is InChI=1S/C5H9FO2/c1-5(8-6)3-4-7-2/h1,3-4H2,2H3. The van der Waals surface area contributed by atoms with Crippen molar-refractivity contribution < 1.29 is 14.2 Å². The fourth-order valence-electron chi connectivity index (χ4n) is 0.254. The van der Waals surface area contributed by atoms with Crippen molar-refractivity contribution in [3.63, 3.8) is 0 Å². The lowest BCUT2D eigenvalue weighted by molar-refractivity contribution is -0.0884. The third kappa shape index (κ3) is 3.61. The molecule has 0 heterocycles. The summed E-state index contributed by atoms with van der Waals surface area (Å²) in [6, 6.07) is 0. The molecule has 48 valence electrons. The maximum Gasteiger partial charge on any atom is 0.144 e. The van der Waals surface area contributed by atoms with Crippen LogP contribution in [0.25, 0.3) is 0 Å². The van der Waals surface area contributed by atoms with Gasteiger partial charge in [-0.1, -0.05) is 6.58 Å². The monoisotopic (exact) mass is 120 g/mol. The zero-order valence-corrected chi connectivity index (χ0v) is 4.82. The van der Waals surface area contributed by atoms with Crippen molar-refractivity contribution in [1.82, 2.24) is 0 Å². The highest BCUT2D eigenvalue weighted by Gasteiger charge is 1.91. The SMILES string of the molecule is C=C(CCOC)OF. The van der Waals surface area contributed by atoms with E-state index in [9.17, 15) is 4.53 Å². The van der Waals surface area contributed by atoms with Gasteiger partial charge in [-0.15, -0.1) is 0 Å². The van der Waals surface area contributed by atoms with Gasteiger partial charge in [0.25, 0.3) is 0 Å². The molecule has 0 spiro atoms. The van der Waals surface area contributed by atoms with Crippen molar-refractivity contribution in [3.05, 3.63) is 12.3 Å². The van der Waals surface area contributed by atoms with Gasteiger partial charge in [-0.25, -0.2) is 0 Å². The molecule has 0 saturated heterocycles. The molecular weight excluding hydrogens is 111 g/mol. The van der Waals surface area contributed by atoms with Crippen LogP contribution in [0.2, 0.25) is 0 Å². The van der Waals surface area contributed by atoms with Gasteiger partial charge in [0.1, 0.15) is 5.76 Å². The lowest BCUT2D eigenvalue weighted by Crippen LogP contribution is -1.90. The van der Waals surface area contributed by atoms with E-state index in [2.05, 4.69) is 16.3 Å². The minimum Gasteiger partial charge on any atom is -0.384 e. The first kappa shape index (κ1) is 7.43. The summed E-state index contributed by atoms with van der Waals surface area (Å²) in [7, 11) is 1.53. The molecule has 0 saturated carbocycles. The van der Waals surface area contributed by atoms with E-state index in [1.165, 1.54) is 7.11 Å². The Morgan fingerprint density at radius 2 is 2.38 bits per heavy atom. The van der Waals surface area contributed by atoms with Crippen LogP contribution in [0.3, 0.4) is 0 Å². The van der Waals surface area contributed by atoms with Crippen LogP contribution >= 0.6 is 0 Å². The predicted molar refractivity (Wildman–Crippen MR) is 27.8 cm³/mol. The average Bonchev–Trinajstić information content (AvgIpc) is 1.83. The fourth-order valence-corrected chi connectivity index (χ4v) is 0.254. The van der Waals surface area contributed by atoms with E-state index in [1.54, 1.807) is 0 Å². The first-order valence-corrected chi connectivity index (χ1v) is 2.26. The molecule has 2 nitrogen and oxygen atoms in total. The van der Waals surface area contributed by atoms with Crippen molar-refractivity contribution in [2.75, 3.05) is 13.7 Å². The van der Waals surface area contributed by atoms with Gasteiger partial charge in [0.05, 0.1) is 6.61 Å². The van der Waals surface area contributed by atoms with Gasteiger partial charge in [-0.05, 0) is 0 Å². The summed E-state index contributed by atoms with van der Waals surface area (Å²) < 4.78 is 15.7. The Kier molecular flexibility index (Phi) is 4.26. The van der Waals surface area contributed by atoms with Crippen LogP contribution in [0.1, 0.15) is 6.42 Å². The second kappa shape index (κ2) is 4.59. The van der Waals surface area contributed by atoms with Gasteiger partial charge in [-0.3, -0.25) is 4.94 Å². The van der Waals surface area contributed by atoms with E-state index < -0.39 is 0 Å². The van der Waals surface area contributed by atoms with Crippen LogP contribution in [0.15, 0.2) is 12.3 Å². The third-order valence-corrected chi connectivity index (χ3v) is 0.694. The first-order valence-electron chi connectivity index (χ1n) is 2.26. The minimum atomic E-state index is 0.104. The van der Waals surface area contributed by atoms with Gasteiger partial charge in [-0.2, -0.15) is 0 Å². The molecule has 0 rings (SSSR count). The van der Waals surface area contributed by atoms with Gasteiger partial charge in [0.15, 0.2) is 0 Å². The number of hydrogen-bond donors (Lipinski definition) is 0. The summed E-state index contributed by atoms with van der Waals surface area (Å²) in [4.78, 5) is 3.28. The molecule has 0 aromatic carbocycles. The zero-order valence-electron chi connectivity index (χ0n) is 4.82. The summed E-state index contributed by atoms with van der Waals surface area (Å²) in [6.45, 7) is 3.68. The summed E-state index contributed by atoms with van der Waals surface area (Å²) in [5.41, 5.74) is 0. The number of methoxy groups -OCH3 is 1. The summed E-state index contributed by atoms with van der Waals surface area (Å²) >= 11 is 0. The molecule has 0 radical (unpaired) electrons. The van der Waals surface area contributed by atoms with E-state index in [1.807, 2.05) is 0 Å². The van der Waals surface area contributed by atoms with E-state index in [4.69, 9.17) is 0 Å². The average molecular weight is 120 g/mol. The molecule has 0 amide bonds. The summed E-state index contributed by atoms with van der Waals surface area (Å²) in [5, 5.41) is 0. The fraction of sp³-hybridized carbons (Fsp3) is 0.600. The molecule has 0 aliphatic heterocycles. The lowest BCUT2D eigenvalue weighted by atomic mass is 10.4. The molecule has 3 heteroatoms. The van der Waals surface area contributed by atoms with E-state index in [0.717, 1.165) is 0 Å². The first-order chi connectivity index (χ1) is 3.81. The van der Waals surface area contributed by atoms with Crippen molar-refractivity contribution >= 4 is 0 Å². The predicted octanol–water partition coefficient (Wildman–Crippen LogP) is 1.44. The second-order valence-electron chi connectivity index (χ2n) is 1.36. The Bertz CT molecular complexity index is 72.8. The molecule has 0 fully saturated rings.